The van der Waals surface area contributed by atoms with E-state index in [-0.39, 0.29) is 18.1 Å². The van der Waals surface area contributed by atoms with E-state index in [0.717, 1.165) is 5.56 Å². The van der Waals surface area contributed by atoms with Crippen molar-refractivity contribution in [1.82, 2.24) is 0 Å². The van der Waals surface area contributed by atoms with Gasteiger partial charge >= 0.3 is 0 Å². The van der Waals surface area contributed by atoms with E-state index >= 15 is 0 Å². The number of hydrogen-bond acceptors (Lipinski definition) is 3. The molecule has 0 spiro atoms. The van der Waals surface area contributed by atoms with Gasteiger partial charge in [0.05, 0.1) is 5.69 Å². The number of benzene rings is 3. The first-order valence-corrected chi connectivity index (χ1v) is 8.47. The summed E-state index contributed by atoms with van der Waals surface area (Å²) in [6, 6.07) is 25.6. The molecule has 4 heteroatoms. The van der Waals surface area contributed by atoms with Crippen LogP contribution in [-0.4, -0.2) is 11.7 Å². The van der Waals surface area contributed by atoms with Gasteiger partial charge in [0.2, 0.25) is 0 Å². The maximum atomic E-state index is 12.8. The number of ketones is 1. The predicted octanol–water partition coefficient (Wildman–Crippen LogP) is 4.59. The molecule has 4 nitrogen and oxygen atoms in total. The van der Waals surface area contributed by atoms with E-state index in [0.29, 0.717) is 16.8 Å². The van der Waals surface area contributed by atoms with Gasteiger partial charge < -0.3 is 0 Å². The number of anilines is 1. The van der Waals surface area contributed by atoms with E-state index < -0.39 is 6.10 Å². The van der Waals surface area contributed by atoms with Gasteiger partial charge in [-0.15, -0.1) is 0 Å². The summed E-state index contributed by atoms with van der Waals surface area (Å²) in [4.78, 5) is 31.5. The molecule has 0 saturated carbocycles. The zero-order valence-corrected chi connectivity index (χ0v) is 14.0. The molecule has 0 N–H and O–H groups in total. The fourth-order valence-electron chi connectivity index (χ4n) is 3.11. The minimum atomic E-state index is -0.517. The largest absolute Gasteiger partial charge is 0.294 e. The maximum Gasteiger partial charge on any atom is 0.282 e. The van der Waals surface area contributed by atoms with E-state index in [1.54, 1.807) is 18.2 Å². The summed E-state index contributed by atoms with van der Waals surface area (Å²) in [6.45, 7) is 0. The maximum absolute atomic E-state index is 12.8. The molecule has 0 aliphatic carbocycles. The zero-order valence-electron chi connectivity index (χ0n) is 14.0. The Bertz CT molecular complexity index is 938. The molecule has 0 radical (unpaired) electrons. The summed E-state index contributed by atoms with van der Waals surface area (Å²) < 4.78 is 0. The van der Waals surface area contributed by atoms with Crippen LogP contribution in [0.25, 0.3) is 0 Å². The normalized spacial score (nSPS) is 16.2. The number of amides is 1. The van der Waals surface area contributed by atoms with Crippen molar-refractivity contribution in [2.45, 2.75) is 12.5 Å². The quantitative estimate of drug-likeness (QED) is 0.651. The van der Waals surface area contributed by atoms with E-state index in [9.17, 15) is 9.59 Å². The van der Waals surface area contributed by atoms with E-state index in [1.165, 1.54) is 5.06 Å². The zero-order chi connectivity index (χ0) is 17.9. The Balaban J connectivity index is 1.68. The molecule has 1 amide bonds. The molecule has 0 saturated heterocycles. The summed E-state index contributed by atoms with van der Waals surface area (Å²) in [6.07, 6.45) is -0.353. The number of carbonyl (C=O) groups is 2. The Morgan fingerprint density at radius 3 is 2.19 bits per heavy atom. The van der Waals surface area contributed by atoms with Crippen molar-refractivity contribution in [3.05, 3.63) is 102 Å². The predicted molar refractivity (Wildman–Crippen MR) is 98.9 cm³/mol. The van der Waals surface area contributed by atoms with E-state index in [4.69, 9.17) is 4.84 Å². The van der Waals surface area contributed by atoms with Crippen LogP contribution in [0.15, 0.2) is 84.9 Å². The Kier molecular flexibility index (Phi) is 4.33. The molecule has 4 rings (SSSR count). The smallest absolute Gasteiger partial charge is 0.282 e. The molecule has 128 valence electrons. The fraction of sp³-hybridized carbons (Fsp3) is 0.0909. The Hall–Kier alpha value is -3.24. The second-order valence-corrected chi connectivity index (χ2v) is 6.11. The average molecular weight is 343 g/mol. The van der Waals surface area contributed by atoms with Crippen molar-refractivity contribution in [2.75, 3.05) is 5.06 Å². The highest BCUT2D eigenvalue weighted by Crippen LogP contribution is 2.35. The van der Waals surface area contributed by atoms with Crippen LogP contribution in [0.1, 0.15) is 38.8 Å². The third kappa shape index (κ3) is 3.03. The molecule has 26 heavy (non-hydrogen) atoms. The highest BCUT2D eigenvalue weighted by Gasteiger charge is 2.34. The van der Waals surface area contributed by atoms with E-state index in [1.807, 2.05) is 66.7 Å². The molecule has 3 aromatic carbocycles. The van der Waals surface area contributed by atoms with Crippen molar-refractivity contribution in [2.24, 2.45) is 0 Å². The third-order valence-electron chi connectivity index (χ3n) is 4.41. The molecule has 1 unspecified atom stereocenters. The number of fused-ring (bicyclic) bond motifs is 1. The van der Waals surface area contributed by atoms with Gasteiger partial charge in [-0.05, 0) is 23.8 Å². The van der Waals surface area contributed by atoms with Gasteiger partial charge in [-0.2, -0.15) is 5.06 Å². The molecule has 3 aromatic rings. The first-order valence-electron chi connectivity index (χ1n) is 8.47. The number of carbonyl (C=O) groups excluding carboxylic acids is 2. The van der Waals surface area contributed by atoms with Crippen LogP contribution in [-0.2, 0) is 4.84 Å². The van der Waals surface area contributed by atoms with Crippen LogP contribution in [0, 0.1) is 0 Å². The summed E-state index contributed by atoms with van der Waals surface area (Å²) >= 11 is 0. The fourth-order valence-corrected chi connectivity index (χ4v) is 3.11. The second kappa shape index (κ2) is 6.94. The summed E-state index contributed by atoms with van der Waals surface area (Å²) in [5.74, 6) is -0.247. The van der Waals surface area contributed by atoms with Gasteiger partial charge in [-0.3, -0.25) is 14.4 Å². The highest BCUT2D eigenvalue weighted by molar-refractivity contribution is 6.07. The van der Waals surface area contributed by atoms with Gasteiger partial charge in [0.25, 0.3) is 5.91 Å². The molecule has 1 atom stereocenters. The van der Waals surface area contributed by atoms with Crippen LogP contribution in [0.5, 0.6) is 0 Å². The van der Waals surface area contributed by atoms with Crippen LogP contribution < -0.4 is 5.06 Å². The molecule has 0 bridgehead atoms. The number of hydrogen-bond donors (Lipinski definition) is 0. The topological polar surface area (TPSA) is 46.6 Å². The van der Waals surface area contributed by atoms with Crippen molar-refractivity contribution < 1.29 is 14.4 Å². The van der Waals surface area contributed by atoms with Gasteiger partial charge in [0, 0.05) is 17.5 Å². The summed E-state index contributed by atoms with van der Waals surface area (Å²) in [5.41, 5.74) is 2.59. The van der Waals surface area contributed by atoms with Gasteiger partial charge in [0.15, 0.2) is 5.78 Å². The van der Waals surface area contributed by atoms with Gasteiger partial charge in [-0.25, -0.2) is 0 Å². The highest BCUT2D eigenvalue weighted by atomic mass is 16.7. The number of para-hydroxylation sites is 1. The van der Waals surface area contributed by atoms with Gasteiger partial charge in [0.1, 0.15) is 6.10 Å². The van der Waals surface area contributed by atoms with Crippen molar-refractivity contribution in [3.63, 3.8) is 0 Å². The molecule has 1 aliphatic heterocycles. The lowest BCUT2D eigenvalue weighted by atomic mass is 9.95. The summed E-state index contributed by atoms with van der Waals surface area (Å²) in [5, 5.41) is 1.28. The van der Waals surface area contributed by atoms with E-state index in [2.05, 4.69) is 0 Å². The lowest BCUT2D eigenvalue weighted by Crippen LogP contribution is -2.38. The average Bonchev–Trinajstić information content (AvgIpc) is 2.71. The van der Waals surface area contributed by atoms with Crippen molar-refractivity contribution in [3.8, 4) is 0 Å². The first-order chi connectivity index (χ1) is 12.7. The molecule has 0 fully saturated rings. The Labute approximate surface area is 151 Å². The number of rotatable bonds is 4. The SMILES string of the molecule is O=C(CC1ON(c2ccccc2)C(=O)c2ccccc21)c1ccccc1. The standard InChI is InChI=1S/C22H17NO3/c24-20(16-9-3-1-4-10-16)15-21-18-13-7-8-14-19(18)22(25)23(26-21)17-11-5-2-6-12-17/h1-14,21H,15H2. The lowest BCUT2D eigenvalue weighted by molar-refractivity contribution is 0.0147. The van der Waals surface area contributed by atoms with Crippen LogP contribution in [0.3, 0.4) is 0 Å². The van der Waals surface area contributed by atoms with Crippen molar-refractivity contribution >= 4 is 17.4 Å². The third-order valence-corrected chi connectivity index (χ3v) is 4.41. The molecule has 1 heterocycles. The molecule has 0 aromatic heterocycles. The lowest BCUT2D eigenvalue weighted by Gasteiger charge is -2.33. The second-order valence-electron chi connectivity index (χ2n) is 6.11. The molecular formula is C22H17NO3. The molecular weight excluding hydrogens is 326 g/mol. The minimum absolute atomic E-state index is 0.0206. The minimum Gasteiger partial charge on any atom is -0.294 e. The van der Waals surface area contributed by atoms with Crippen molar-refractivity contribution in [1.29, 1.82) is 0 Å². The number of Topliss-reactive ketones (excluding diaryl/α,β-unsaturated/α-hetero) is 1. The monoisotopic (exact) mass is 343 g/mol. The Morgan fingerprint density at radius 2 is 1.46 bits per heavy atom. The van der Waals surface area contributed by atoms with Crippen LogP contribution >= 0.6 is 0 Å². The molecule has 1 aliphatic rings. The Morgan fingerprint density at radius 1 is 0.846 bits per heavy atom. The number of nitrogens with zero attached hydrogens (tertiary/aromatic N) is 1. The summed E-state index contributed by atoms with van der Waals surface area (Å²) in [7, 11) is 0. The van der Waals surface area contributed by atoms with Crippen LogP contribution in [0.4, 0.5) is 5.69 Å². The first kappa shape index (κ1) is 16.2. The van der Waals surface area contributed by atoms with Gasteiger partial charge in [-0.1, -0.05) is 66.7 Å². The van der Waals surface area contributed by atoms with Crippen LogP contribution in [0.2, 0.25) is 0 Å². The number of hydroxylamine groups is 1.